The molecule has 19 heavy (non-hydrogen) atoms. The minimum absolute atomic E-state index is 0.582. The van der Waals surface area contributed by atoms with E-state index >= 15 is 0 Å². The molecule has 1 aromatic rings. The summed E-state index contributed by atoms with van der Waals surface area (Å²) in [6.07, 6.45) is 8.01. The van der Waals surface area contributed by atoms with E-state index < -0.39 is 0 Å². The van der Waals surface area contributed by atoms with Crippen LogP contribution >= 0.6 is 0 Å². The van der Waals surface area contributed by atoms with Gasteiger partial charge in [-0.15, -0.1) is 0 Å². The van der Waals surface area contributed by atoms with Gasteiger partial charge in [-0.05, 0) is 37.8 Å². The molecular formula is C18H31N. The predicted octanol–water partition coefficient (Wildman–Crippen LogP) is 4.81. The van der Waals surface area contributed by atoms with Gasteiger partial charge in [-0.2, -0.15) is 0 Å². The molecular weight excluding hydrogens is 230 g/mol. The topological polar surface area (TPSA) is 12.0 Å². The number of benzene rings is 1. The lowest BCUT2D eigenvalue weighted by molar-refractivity contribution is 0.492. The minimum atomic E-state index is 0.582. The van der Waals surface area contributed by atoms with Crippen molar-refractivity contribution in [2.75, 3.05) is 6.54 Å². The zero-order valence-electron chi connectivity index (χ0n) is 13.0. The quantitative estimate of drug-likeness (QED) is 0.596. The Morgan fingerprint density at radius 3 is 2.26 bits per heavy atom. The maximum absolute atomic E-state index is 3.63. The van der Waals surface area contributed by atoms with Crippen LogP contribution in [-0.2, 0) is 6.42 Å². The number of rotatable bonds is 10. The zero-order chi connectivity index (χ0) is 13.9. The molecule has 1 rings (SSSR count). The molecule has 1 aromatic carbocycles. The molecule has 1 heteroatoms. The third-order valence-electron chi connectivity index (χ3n) is 3.59. The third-order valence-corrected chi connectivity index (χ3v) is 3.59. The van der Waals surface area contributed by atoms with Gasteiger partial charge < -0.3 is 5.32 Å². The summed E-state index contributed by atoms with van der Waals surface area (Å²) < 4.78 is 0. The first kappa shape index (κ1) is 16.2. The summed E-state index contributed by atoms with van der Waals surface area (Å²) in [6.45, 7) is 8.07. The standard InChI is InChI=1S/C18H31N/c1-16(2)11-7-4-5-10-14-19-17(3)15-18-12-8-6-9-13-18/h6,8-9,12-13,16-17,19H,4-5,7,10-11,14-15H2,1-3H3. The van der Waals surface area contributed by atoms with Gasteiger partial charge in [0.05, 0.1) is 0 Å². The summed E-state index contributed by atoms with van der Waals surface area (Å²) in [4.78, 5) is 0. The van der Waals surface area contributed by atoms with E-state index in [9.17, 15) is 0 Å². The zero-order valence-corrected chi connectivity index (χ0v) is 13.0. The van der Waals surface area contributed by atoms with E-state index in [0.717, 1.165) is 18.9 Å². The first-order valence-electron chi connectivity index (χ1n) is 7.96. The Hall–Kier alpha value is -0.820. The SMILES string of the molecule is CC(C)CCCCCCNC(C)Cc1ccccc1. The highest BCUT2D eigenvalue weighted by Crippen LogP contribution is 2.09. The Morgan fingerprint density at radius 2 is 1.58 bits per heavy atom. The van der Waals surface area contributed by atoms with E-state index in [2.05, 4.69) is 56.4 Å². The molecule has 1 nitrogen and oxygen atoms in total. The third kappa shape index (κ3) is 8.83. The molecule has 1 N–H and O–H groups in total. The van der Waals surface area contributed by atoms with Crippen molar-refractivity contribution in [3.63, 3.8) is 0 Å². The van der Waals surface area contributed by atoms with Crippen LogP contribution in [0, 0.1) is 5.92 Å². The molecule has 0 aliphatic carbocycles. The van der Waals surface area contributed by atoms with E-state index in [1.54, 1.807) is 0 Å². The van der Waals surface area contributed by atoms with E-state index in [1.165, 1.54) is 37.7 Å². The van der Waals surface area contributed by atoms with E-state index in [1.807, 2.05) is 0 Å². The fourth-order valence-corrected chi connectivity index (χ4v) is 2.42. The Bertz CT molecular complexity index is 305. The summed E-state index contributed by atoms with van der Waals surface area (Å²) in [5.74, 6) is 0.865. The predicted molar refractivity (Wildman–Crippen MR) is 85.5 cm³/mol. The molecule has 0 aliphatic heterocycles. The van der Waals surface area contributed by atoms with Crippen molar-refractivity contribution in [1.29, 1.82) is 0 Å². The monoisotopic (exact) mass is 261 g/mol. The van der Waals surface area contributed by atoms with Gasteiger partial charge in [0.1, 0.15) is 0 Å². The van der Waals surface area contributed by atoms with Crippen molar-refractivity contribution >= 4 is 0 Å². The van der Waals surface area contributed by atoms with E-state index in [-0.39, 0.29) is 0 Å². The van der Waals surface area contributed by atoms with Gasteiger partial charge >= 0.3 is 0 Å². The van der Waals surface area contributed by atoms with Crippen LogP contribution in [0.4, 0.5) is 0 Å². The summed E-state index contributed by atoms with van der Waals surface area (Å²) in [5, 5.41) is 3.63. The maximum Gasteiger partial charge on any atom is 0.00791 e. The number of hydrogen-bond donors (Lipinski definition) is 1. The van der Waals surface area contributed by atoms with Crippen LogP contribution in [0.15, 0.2) is 30.3 Å². The van der Waals surface area contributed by atoms with Crippen molar-refractivity contribution in [3.05, 3.63) is 35.9 Å². The van der Waals surface area contributed by atoms with Gasteiger partial charge in [0.25, 0.3) is 0 Å². The molecule has 0 aromatic heterocycles. The molecule has 0 saturated carbocycles. The summed E-state index contributed by atoms with van der Waals surface area (Å²) in [7, 11) is 0. The van der Waals surface area contributed by atoms with Crippen LogP contribution in [0.5, 0.6) is 0 Å². The van der Waals surface area contributed by atoms with Crippen molar-refractivity contribution < 1.29 is 0 Å². The maximum atomic E-state index is 3.63. The van der Waals surface area contributed by atoms with Gasteiger partial charge in [0, 0.05) is 6.04 Å². The second-order valence-electron chi connectivity index (χ2n) is 6.14. The lowest BCUT2D eigenvalue weighted by Crippen LogP contribution is -2.28. The molecule has 108 valence electrons. The lowest BCUT2D eigenvalue weighted by atomic mass is 10.0. The lowest BCUT2D eigenvalue weighted by Gasteiger charge is -2.13. The number of hydrogen-bond acceptors (Lipinski definition) is 1. The second kappa shape index (κ2) is 10.0. The molecule has 0 saturated heterocycles. The highest BCUT2D eigenvalue weighted by Gasteiger charge is 2.02. The summed E-state index contributed by atoms with van der Waals surface area (Å²) >= 11 is 0. The Kier molecular flexibility index (Phi) is 8.57. The van der Waals surface area contributed by atoms with Gasteiger partial charge in [0.15, 0.2) is 0 Å². The Labute approximate surface area is 119 Å². The highest BCUT2D eigenvalue weighted by molar-refractivity contribution is 5.15. The molecule has 0 heterocycles. The summed E-state index contributed by atoms with van der Waals surface area (Å²) in [6, 6.07) is 11.3. The van der Waals surface area contributed by atoms with Crippen molar-refractivity contribution in [1.82, 2.24) is 5.32 Å². The highest BCUT2D eigenvalue weighted by atomic mass is 14.9. The summed E-state index contributed by atoms with van der Waals surface area (Å²) in [5.41, 5.74) is 1.43. The van der Waals surface area contributed by atoms with Crippen LogP contribution in [0.25, 0.3) is 0 Å². The molecule has 0 fully saturated rings. The van der Waals surface area contributed by atoms with Crippen molar-refractivity contribution in [2.24, 2.45) is 5.92 Å². The molecule has 1 unspecified atom stereocenters. The van der Waals surface area contributed by atoms with Gasteiger partial charge in [-0.3, -0.25) is 0 Å². The first-order chi connectivity index (χ1) is 9.18. The average molecular weight is 261 g/mol. The van der Waals surface area contributed by atoms with E-state index in [0.29, 0.717) is 6.04 Å². The molecule has 1 atom stereocenters. The first-order valence-corrected chi connectivity index (χ1v) is 7.96. The van der Waals surface area contributed by atoms with Crippen LogP contribution in [0.3, 0.4) is 0 Å². The molecule has 0 aliphatic rings. The normalized spacial score (nSPS) is 12.8. The van der Waals surface area contributed by atoms with Crippen LogP contribution in [0.1, 0.15) is 58.4 Å². The van der Waals surface area contributed by atoms with Crippen LogP contribution in [0.2, 0.25) is 0 Å². The average Bonchev–Trinajstić information content (AvgIpc) is 2.38. The number of nitrogens with one attached hydrogen (secondary N) is 1. The molecule has 0 spiro atoms. The molecule has 0 amide bonds. The number of unbranched alkanes of at least 4 members (excludes halogenated alkanes) is 3. The van der Waals surface area contributed by atoms with Gasteiger partial charge in [-0.25, -0.2) is 0 Å². The van der Waals surface area contributed by atoms with Crippen molar-refractivity contribution in [3.8, 4) is 0 Å². The fraction of sp³-hybridized carbons (Fsp3) is 0.667. The fourth-order valence-electron chi connectivity index (χ4n) is 2.42. The second-order valence-corrected chi connectivity index (χ2v) is 6.14. The largest absolute Gasteiger partial charge is 0.314 e. The van der Waals surface area contributed by atoms with Crippen LogP contribution in [-0.4, -0.2) is 12.6 Å². The Morgan fingerprint density at radius 1 is 0.895 bits per heavy atom. The van der Waals surface area contributed by atoms with E-state index in [4.69, 9.17) is 0 Å². The van der Waals surface area contributed by atoms with Crippen LogP contribution < -0.4 is 5.32 Å². The molecule has 0 radical (unpaired) electrons. The molecule has 0 bridgehead atoms. The Balaban J connectivity index is 1.97. The van der Waals surface area contributed by atoms with Gasteiger partial charge in [0.2, 0.25) is 0 Å². The van der Waals surface area contributed by atoms with Crippen molar-refractivity contribution in [2.45, 2.75) is 65.3 Å². The minimum Gasteiger partial charge on any atom is -0.314 e. The van der Waals surface area contributed by atoms with Gasteiger partial charge in [-0.1, -0.05) is 69.9 Å². The smallest absolute Gasteiger partial charge is 0.00791 e.